The van der Waals surface area contributed by atoms with Gasteiger partial charge in [-0.25, -0.2) is 0 Å². The minimum Gasteiger partial charge on any atom is -0.353 e. The van der Waals surface area contributed by atoms with Crippen molar-refractivity contribution >= 4 is 17.5 Å². The smallest absolute Gasteiger partial charge is 0.353 e. The number of piperazine rings is 1. The van der Waals surface area contributed by atoms with Crippen LogP contribution in [0.1, 0.15) is 21.6 Å². The molecule has 7 nitrogen and oxygen atoms in total. The maximum absolute atomic E-state index is 12.9. The molecule has 0 bridgehead atoms. The number of aryl methyl sites for hydroxylation is 1. The average Bonchev–Trinajstić information content (AvgIpc) is 3.16. The molecule has 1 aromatic carbocycles. The Balaban J connectivity index is 1.47. The van der Waals surface area contributed by atoms with Gasteiger partial charge in [0.15, 0.2) is 0 Å². The second-order valence-electron chi connectivity index (χ2n) is 6.61. The molecular formula is C18H17F3N6O. The monoisotopic (exact) mass is 390 g/mol. The van der Waals surface area contributed by atoms with Crippen LogP contribution in [0, 0.1) is 6.92 Å². The summed E-state index contributed by atoms with van der Waals surface area (Å²) in [6, 6.07) is 6.45. The van der Waals surface area contributed by atoms with Crippen molar-refractivity contribution < 1.29 is 18.0 Å². The molecule has 0 atom stereocenters. The second kappa shape index (κ2) is 6.77. The zero-order valence-electron chi connectivity index (χ0n) is 15.0. The van der Waals surface area contributed by atoms with E-state index in [0.29, 0.717) is 32.0 Å². The molecular weight excluding hydrogens is 373 g/mol. The fourth-order valence-corrected chi connectivity index (χ4v) is 3.26. The van der Waals surface area contributed by atoms with Crippen molar-refractivity contribution in [2.45, 2.75) is 13.1 Å². The first kappa shape index (κ1) is 18.2. The van der Waals surface area contributed by atoms with Gasteiger partial charge in [-0.15, -0.1) is 10.2 Å². The van der Waals surface area contributed by atoms with Crippen molar-refractivity contribution in [1.82, 2.24) is 24.5 Å². The summed E-state index contributed by atoms with van der Waals surface area (Å²) in [4.78, 5) is 20.7. The molecule has 1 aliphatic heterocycles. The quantitative estimate of drug-likeness (QED) is 0.672. The molecule has 1 fully saturated rings. The van der Waals surface area contributed by atoms with Gasteiger partial charge in [0.25, 0.3) is 11.7 Å². The molecule has 0 unspecified atom stereocenters. The summed E-state index contributed by atoms with van der Waals surface area (Å²) in [6.45, 7) is 3.78. The molecule has 3 aromatic rings. The Morgan fingerprint density at radius 1 is 1.11 bits per heavy atom. The molecule has 0 aliphatic carbocycles. The van der Waals surface area contributed by atoms with Gasteiger partial charge in [-0.1, -0.05) is 6.07 Å². The molecule has 10 heteroatoms. The molecule has 4 rings (SSSR count). The van der Waals surface area contributed by atoms with Gasteiger partial charge in [-0.2, -0.15) is 18.2 Å². The molecule has 0 spiro atoms. The van der Waals surface area contributed by atoms with Gasteiger partial charge < -0.3 is 9.80 Å². The molecule has 146 valence electrons. The fraction of sp³-hybridized carbons (Fsp3) is 0.333. The van der Waals surface area contributed by atoms with Gasteiger partial charge in [0, 0.05) is 43.5 Å². The van der Waals surface area contributed by atoms with Gasteiger partial charge in [-0.05, 0) is 25.1 Å². The normalized spacial score (nSPS) is 15.3. The van der Waals surface area contributed by atoms with E-state index in [4.69, 9.17) is 0 Å². The molecule has 0 saturated carbocycles. The molecule has 1 amide bonds. The average molecular weight is 390 g/mol. The number of halogens is 3. The first-order valence-electron chi connectivity index (χ1n) is 8.72. The molecule has 28 heavy (non-hydrogen) atoms. The van der Waals surface area contributed by atoms with Gasteiger partial charge >= 0.3 is 6.18 Å². The van der Waals surface area contributed by atoms with Crippen LogP contribution in [-0.4, -0.2) is 56.6 Å². The number of anilines is 1. The summed E-state index contributed by atoms with van der Waals surface area (Å²) in [6.07, 6.45) is -2.88. The predicted molar refractivity (Wildman–Crippen MR) is 95.1 cm³/mol. The third-order valence-electron chi connectivity index (χ3n) is 4.79. The number of hydrogen-bond donors (Lipinski definition) is 0. The van der Waals surface area contributed by atoms with Crippen molar-refractivity contribution in [3.8, 4) is 0 Å². The van der Waals surface area contributed by atoms with Gasteiger partial charge in [-0.3, -0.25) is 9.20 Å². The SMILES string of the molecule is Cc1cc(N2CCN(C(=O)c3cccc(C(F)(F)F)c3)CC2)nc2nncn12. The summed E-state index contributed by atoms with van der Waals surface area (Å²) in [5, 5.41) is 7.81. The Kier molecular flexibility index (Phi) is 4.40. The maximum Gasteiger partial charge on any atom is 0.416 e. The highest BCUT2D eigenvalue weighted by atomic mass is 19.4. The van der Waals surface area contributed by atoms with Gasteiger partial charge in [0.1, 0.15) is 12.1 Å². The predicted octanol–water partition coefficient (Wildman–Crippen LogP) is 2.41. The van der Waals surface area contributed by atoms with Crippen LogP contribution in [0.25, 0.3) is 5.78 Å². The van der Waals surface area contributed by atoms with E-state index in [0.717, 1.165) is 23.6 Å². The summed E-state index contributed by atoms with van der Waals surface area (Å²) < 4.78 is 40.4. The van der Waals surface area contributed by atoms with E-state index in [1.807, 2.05) is 17.9 Å². The van der Waals surface area contributed by atoms with E-state index >= 15 is 0 Å². The van der Waals surface area contributed by atoms with Gasteiger partial charge in [0.2, 0.25) is 0 Å². The van der Waals surface area contributed by atoms with Crippen LogP contribution in [0.5, 0.6) is 0 Å². The largest absolute Gasteiger partial charge is 0.416 e. The van der Waals surface area contributed by atoms with E-state index in [1.54, 1.807) is 15.6 Å². The Labute approximate surface area is 158 Å². The number of nitrogens with zero attached hydrogens (tertiary/aromatic N) is 6. The Morgan fingerprint density at radius 3 is 2.57 bits per heavy atom. The lowest BCUT2D eigenvalue weighted by Crippen LogP contribution is -2.49. The van der Waals surface area contributed by atoms with Crippen LogP contribution < -0.4 is 4.90 Å². The Bertz CT molecular complexity index is 1020. The fourth-order valence-electron chi connectivity index (χ4n) is 3.26. The molecule has 0 N–H and O–H groups in total. The van der Waals surface area contributed by atoms with E-state index in [2.05, 4.69) is 15.2 Å². The summed E-state index contributed by atoms with van der Waals surface area (Å²) in [5.41, 5.74) is 0.160. The first-order valence-corrected chi connectivity index (χ1v) is 8.72. The topological polar surface area (TPSA) is 66.6 Å². The third-order valence-corrected chi connectivity index (χ3v) is 4.79. The van der Waals surface area contributed by atoms with Crippen molar-refractivity contribution in [2.24, 2.45) is 0 Å². The highest BCUT2D eigenvalue weighted by molar-refractivity contribution is 5.94. The number of fused-ring (bicyclic) bond motifs is 1. The summed E-state index contributed by atoms with van der Waals surface area (Å²) in [7, 11) is 0. The lowest BCUT2D eigenvalue weighted by atomic mass is 10.1. The highest BCUT2D eigenvalue weighted by Crippen LogP contribution is 2.30. The minimum absolute atomic E-state index is 0.0436. The van der Waals surface area contributed by atoms with Crippen LogP contribution in [-0.2, 0) is 6.18 Å². The van der Waals surface area contributed by atoms with Crippen LogP contribution >= 0.6 is 0 Å². The molecule has 3 heterocycles. The van der Waals surface area contributed by atoms with E-state index < -0.39 is 17.6 Å². The molecule has 1 saturated heterocycles. The van der Waals surface area contributed by atoms with Crippen LogP contribution in [0.15, 0.2) is 36.7 Å². The maximum atomic E-state index is 12.9. The zero-order valence-corrected chi connectivity index (χ0v) is 15.0. The summed E-state index contributed by atoms with van der Waals surface area (Å²) >= 11 is 0. The number of amides is 1. The number of carbonyl (C=O) groups excluding carboxylic acids is 1. The molecule has 2 aromatic heterocycles. The van der Waals surface area contributed by atoms with E-state index in [9.17, 15) is 18.0 Å². The minimum atomic E-state index is -4.47. The zero-order chi connectivity index (χ0) is 19.9. The number of benzene rings is 1. The van der Waals surface area contributed by atoms with Crippen molar-refractivity contribution in [1.29, 1.82) is 0 Å². The van der Waals surface area contributed by atoms with E-state index in [-0.39, 0.29) is 5.56 Å². The Hall–Kier alpha value is -3.17. The number of hydrogen-bond acceptors (Lipinski definition) is 5. The highest BCUT2D eigenvalue weighted by Gasteiger charge is 2.31. The Morgan fingerprint density at radius 2 is 1.86 bits per heavy atom. The number of aromatic nitrogens is 4. The molecule has 0 radical (unpaired) electrons. The van der Waals surface area contributed by atoms with Crippen molar-refractivity contribution in [3.05, 3.63) is 53.5 Å². The van der Waals surface area contributed by atoms with E-state index in [1.165, 1.54) is 12.1 Å². The third kappa shape index (κ3) is 3.37. The lowest BCUT2D eigenvalue weighted by molar-refractivity contribution is -0.137. The summed E-state index contributed by atoms with van der Waals surface area (Å²) in [5.74, 6) is 0.837. The number of carbonyl (C=O) groups is 1. The molecule has 1 aliphatic rings. The van der Waals surface area contributed by atoms with Gasteiger partial charge in [0.05, 0.1) is 5.56 Å². The standard InChI is InChI=1S/C18H17F3N6O/c1-12-9-15(23-17-24-22-11-27(12)17)25-5-7-26(8-6-25)16(28)13-3-2-4-14(10-13)18(19,20)21/h2-4,9-11H,5-8H2,1H3. The van der Waals surface area contributed by atoms with Crippen LogP contribution in [0.3, 0.4) is 0 Å². The number of rotatable bonds is 2. The van der Waals surface area contributed by atoms with Crippen molar-refractivity contribution in [3.63, 3.8) is 0 Å². The van der Waals surface area contributed by atoms with Crippen LogP contribution in [0.2, 0.25) is 0 Å². The number of alkyl halides is 3. The van der Waals surface area contributed by atoms with Crippen molar-refractivity contribution in [2.75, 3.05) is 31.1 Å². The second-order valence-corrected chi connectivity index (χ2v) is 6.61. The lowest BCUT2D eigenvalue weighted by Gasteiger charge is -2.35. The first-order chi connectivity index (χ1) is 13.3. The van der Waals surface area contributed by atoms with Crippen LogP contribution in [0.4, 0.5) is 19.0 Å².